The van der Waals surface area contributed by atoms with E-state index in [9.17, 15) is 22.8 Å². The van der Waals surface area contributed by atoms with Crippen LogP contribution in [0, 0.1) is 0 Å². The zero-order chi connectivity index (χ0) is 19.3. The summed E-state index contributed by atoms with van der Waals surface area (Å²) < 4.78 is 42.5. The summed E-state index contributed by atoms with van der Waals surface area (Å²) in [6.07, 6.45) is -3.68. The molecule has 2 N–H and O–H groups in total. The molecule has 1 saturated heterocycles. The molecule has 2 aliphatic heterocycles. The Morgan fingerprint density at radius 3 is 2.35 bits per heavy atom. The third kappa shape index (κ3) is 5.60. The van der Waals surface area contributed by atoms with Gasteiger partial charge < -0.3 is 15.4 Å². The van der Waals surface area contributed by atoms with Crippen LogP contribution in [0.25, 0.3) is 0 Å². The molecule has 7 nitrogen and oxygen atoms in total. The Morgan fingerprint density at radius 2 is 1.81 bits per heavy atom. The maximum atomic E-state index is 12.5. The minimum atomic E-state index is -4.21. The van der Waals surface area contributed by atoms with Crippen molar-refractivity contribution in [1.29, 1.82) is 0 Å². The zero-order valence-corrected chi connectivity index (χ0v) is 15.0. The molecule has 0 radical (unpaired) electrons. The lowest BCUT2D eigenvalue weighted by molar-refractivity contribution is -0.149. The Morgan fingerprint density at radius 1 is 1.19 bits per heavy atom. The first kappa shape index (κ1) is 20.5. The number of carbonyl (C=O) groups excluding carboxylic acids is 2. The van der Waals surface area contributed by atoms with Gasteiger partial charge in [-0.3, -0.25) is 9.80 Å². The number of hydrogen-bond acceptors (Lipinski definition) is 5. The van der Waals surface area contributed by atoms with Crippen molar-refractivity contribution in [1.82, 2.24) is 20.4 Å². The molecule has 0 spiro atoms. The highest BCUT2D eigenvalue weighted by molar-refractivity contribution is 5.94. The van der Waals surface area contributed by atoms with Gasteiger partial charge in [-0.15, -0.1) is 0 Å². The summed E-state index contributed by atoms with van der Waals surface area (Å²) in [4.78, 5) is 27.5. The van der Waals surface area contributed by atoms with E-state index in [-0.39, 0.29) is 26.2 Å². The van der Waals surface area contributed by atoms with Crippen molar-refractivity contribution in [2.45, 2.75) is 32.5 Å². The number of ether oxygens (including phenoxy) is 1. The van der Waals surface area contributed by atoms with Crippen LogP contribution in [0.5, 0.6) is 0 Å². The van der Waals surface area contributed by atoms with Crippen LogP contribution >= 0.6 is 0 Å². The van der Waals surface area contributed by atoms with Crippen LogP contribution < -0.4 is 10.6 Å². The summed E-state index contributed by atoms with van der Waals surface area (Å²) >= 11 is 0. The van der Waals surface area contributed by atoms with Gasteiger partial charge in [0.1, 0.15) is 0 Å². The van der Waals surface area contributed by atoms with Crippen LogP contribution in [0.15, 0.2) is 11.3 Å². The van der Waals surface area contributed by atoms with E-state index in [0.29, 0.717) is 30.8 Å². The standard InChI is InChI=1S/C16H25F3N4O3/c1-3-11-13(14(24)26-4-2)12(21-15(25)20-11)9-22-5-7-23(8-6-22)10-16(17,18)19/h11H,3-10H2,1-2H3,(H2,20,21,25). The number of piperazine rings is 1. The molecule has 0 aromatic carbocycles. The number of nitrogens with zero attached hydrogens (tertiary/aromatic N) is 2. The second kappa shape index (κ2) is 8.72. The van der Waals surface area contributed by atoms with Crippen molar-refractivity contribution in [2.24, 2.45) is 0 Å². The summed E-state index contributed by atoms with van der Waals surface area (Å²) in [6.45, 7) is 4.56. The highest BCUT2D eigenvalue weighted by Crippen LogP contribution is 2.20. The minimum Gasteiger partial charge on any atom is -0.463 e. The largest absolute Gasteiger partial charge is 0.463 e. The maximum Gasteiger partial charge on any atom is 0.401 e. The number of esters is 1. The van der Waals surface area contributed by atoms with E-state index in [0.717, 1.165) is 0 Å². The first-order valence-corrected chi connectivity index (χ1v) is 8.72. The summed E-state index contributed by atoms with van der Waals surface area (Å²) in [5, 5.41) is 5.36. The monoisotopic (exact) mass is 378 g/mol. The average Bonchev–Trinajstić information content (AvgIpc) is 2.54. The number of rotatable bonds is 6. The van der Waals surface area contributed by atoms with E-state index in [4.69, 9.17) is 4.74 Å². The molecule has 2 amide bonds. The fourth-order valence-electron chi connectivity index (χ4n) is 3.17. The van der Waals surface area contributed by atoms with Gasteiger partial charge in [0.25, 0.3) is 0 Å². The predicted molar refractivity (Wildman–Crippen MR) is 88.3 cm³/mol. The molecule has 1 fully saturated rings. The van der Waals surface area contributed by atoms with Gasteiger partial charge in [0, 0.05) is 38.4 Å². The van der Waals surface area contributed by atoms with Crippen molar-refractivity contribution in [2.75, 3.05) is 45.9 Å². The van der Waals surface area contributed by atoms with E-state index in [1.807, 2.05) is 11.8 Å². The van der Waals surface area contributed by atoms with Gasteiger partial charge in [0.05, 0.1) is 24.8 Å². The average molecular weight is 378 g/mol. The Hall–Kier alpha value is -1.81. The maximum absolute atomic E-state index is 12.5. The summed E-state index contributed by atoms with van der Waals surface area (Å²) in [5.41, 5.74) is 0.843. The minimum absolute atomic E-state index is 0.218. The van der Waals surface area contributed by atoms with Crippen molar-refractivity contribution in [3.8, 4) is 0 Å². The predicted octanol–water partition coefficient (Wildman–Crippen LogP) is 1.07. The lowest BCUT2D eigenvalue weighted by atomic mass is 10.00. The molecule has 0 aromatic heterocycles. The number of alkyl halides is 3. The highest BCUT2D eigenvalue weighted by atomic mass is 19.4. The van der Waals surface area contributed by atoms with Gasteiger partial charge in [0.15, 0.2) is 0 Å². The molecule has 0 aliphatic carbocycles. The van der Waals surface area contributed by atoms with Crippen LogP contribution in [0.2, 0.25) is 0 Å². The SMILES string of the molecule is CCOC(=O)C1=C(CN2CCN(CC(F)(F)F)CC2)NC(=O)NC1CC. The molecule has 0 bridgehead atoms. The fraction of sp³-hybridized carbons (Fsp3) is 0.750. The molecule has 148 valence electrons. The lowest BCUT2D eigenvalue weighted by Gasteiger charge is -2.37. The van der Waals surface area contributed by atoms with Gasteiger partial charge in [-0.05, 0) is 13.3 Å². The number of urea groups is 1. The molecule has 2 rings (SSSR count). The van der Waals surface area contributed by atoms with Crippen LogP contribution in [0.1, 0.15) is 20.3 Å². The van der Waals surface area contributed by atoms with Crippen molar-refractivity contribution >= 4 is 12.0 Å². The molecule has 1 atom stereocenters. The van der Waals surface area contributed by atoms with Crippen molar-refractivity contribution < 1.29 is 27.5 Å². The molecule has 1 unspecified atom stereocenters. The molecule has 2 heterocycles. The van der Waals surface area contributed by atoms with Crippen LogP contribution in [-0.4, -0.2) is 79.9 Å². The second-order valence-electron chi connectivity index (χ2n) is 6.34. The van der Waals surface area contributed by atoms with E-state index in [2.05, 4.69) is 10.6 Å². The Balaban J connectivity index is 2.06. The van der Waals surface area contributed by atoms with Gasteiger partial charge in [-0.2, -0.15) is 13.2 Å². The Labute approximate surface area is 150 Å². The van der Waals surface area contributed by atoms with E-state index in [1.165, 1.54) is 4.90 Å². The number of hydrogen-bond donors (Lipinski definition) is 2. The fourth-order valence-corrected chi connectivity index (χ4v) is 3.17. The summed E-state index contributed by atoms with van der Waals surface area (Å²) in [6, 6.07) is -0.833. The topological polar surface area (TPSA) is 73.9 Å². The smallest absolute Gasteiger partial charge is 0.401 e. The second-order valence-corrected chi connectivity index (χ2v) is 6.34. The zero-order valence-electron chi connectivity index (χ0n) is 15.0. The van der Waals surface area contributed by atoms with Gasteiger partial charge in [-0.25, -0.2) is 9.59 Å². The molecule has 26 heavy (non-hydrogen) atoms. The number of halogens is 3. The molecule has 10 heteroatoms. The van der Waals surface area contributed by atoms with Gasteiger partial charge >= 0.3 is 18.2 Å². The van der Waals surface area contributed by atoms with Crippen LogP contribution in [0.3, 0.4) is 0 Å². The first-order chi connectivity index (χ1) is 12.2. The third-order valence-electron chi connectivity index (χ3n) is 4.40. The molecule has 0 saturated carbocycles. The van der Waals surface area contributed by atoms with Crippen molar-refractivity contribution in [3.63, 3.8) is 0 Å². The Kier molecular flexibility index (Phi) is 6.87. The van der Waals surface area contributed by atoms with E-state index >= 15 is 0 Å². The molecule has 2 aliphatic rings. The molecule has 0 aromatic rings. The van der Waals surface area contributed by atoms with Gasteiger partial charge in [0.2, 0.25) is 0 Å². The summed E-state index contributed by atoms with van der Waals surface area (Å²) in [7, 11) is 0. The molecular weight excluding hydrogens is 353 g/mol. The van der Waals surface area contributed by atoms with Crippen molar-refractivity contribution in [3.05, 3.63) is 11.3 Å². The molecular formula is C16H25F3N4O3. The normalized spacial score (nSPS) is 22.8. The third-order valence-corrected chi connectivity index (χ3v) is 4.40. The quantitative estimate of drug-likeness (QED) is 0.677. The lowest BCUT2D eigenvalue weighted by Crippen LogP contribution is -2.54. The van der Waals surface area contributed by atoms with Gasteiger partial charge in [-0.1, -0.05) is 6.92 Å². The van der Waals surface area contributed by atoms with Crippen LogP contribution in [-0.2, 0) is 9.53 Å². The van der Waals surface area contributed by atoms with Crippen LogP contribution in [0.4, 0.5) is 18.0 Å². The highest BCUT2D eigenvalue weighted by Gasteiger charge is 2.34. The summed E-state index contributed by atoms with van der Waals surface area (Å²) in [5.74, 6) is -0.488. The Bertz CT molecular complexity index is 557. The van der Waals surface area contributed by atoms with E-state index < -0.39 is 30.8 Å². The number of amides is 2. The first-order valence-electron chi connectivity index (χ1n) is 8.72. The van der Waals surface area contributed by atoms with E-state index in [1.54, 1.807) is 6.92 Å². The number of nitrogens with one attached hydrogen (secondary N) is 2. The number of carbonyl (C=O) groups is 2.